The van der Waals surface area contributed by atoms with Crippen molar-refractivity contribution in [2.45, 2.75) is 38.3 Å². The summed E-state index contributed by atoms with van der Waals surface area (Å²) in [4.78, 5) is 13.1. The van der Waals surface area contributed by atoms with Gasteiger partial charge >= 0.3 is 0 Å². The van der Waals surface area contributed by atoms with E-state index >= 15 is 0 Å². The van der Waals surface area contributed by atoms with Gasteiger partial charge in [0, 0.05) is 18.8 Å². The number of aromatic nitrogens is 4. The second-order valence-electron chi connectivity index (χ2n) is 7.42. The zero-order valence-corrected chi connectivity index (χ0v) is 15.4. The molecule has 0 aromatic carbocycles. The van der Waals surface area contributed by atoms with E-state index in [1.165, 1.54) is 6.07 Å². The van der Waals surface area contributed by atoms with Crippen molar-refractivity contribution >= 4 is 11.5 Å². The van der Waals surface area contributed by atoms with Crippen LogP contribution < -0.4 is 10.6 Å². The van der Waals surface area contributed by atoms with Gasteiger partial charge in [0.2, 0.25) is 0 Å². The van der Waals surface area contributed by atoms with Crippen molar-refractivity contribution < 1.29 is 9.50 Å². The summed E-state index contributed by atoms with van der Waals surface area (Å²) in [6.45, 7) is 5.14. The van der Waals surface area contributed by atoms with Crippen molar-refractivity contribution in [2.24, 2.45) is 0 Å². The number of pyridine rings is 1. The predicted molar refractivity (Wildman–Crippen MR) is 101 cm³/mol. The lowest BCUT2D eigenvalue weighted by Crippen LogP contribution is -2.38. The van der Waals surface area contributed by atoms with Crippen molar-refractivity contribution in [3.8, 4) is 11.4 Å². The Hall–Kier alpha value is -2.58. The maximum Gasteiger partial charge on any atom is 0.165 e. The monoisotopic (exact) mass is 370 g/mol. The molecule has 4 heterocycles. The van der Waals surface area contributed by atoms with Crippen LogP contribution in [0.2, 0.25) is 0 Å². The lowest BCUT2D eigenvalue weighted by atomic mass is 10.1. The van der Waals surface area contributed by atoms with E-state index < -0.39 is 5.60 Å². The Morgan fingerprint density at radius 2 is 2.15 bits per heavy atom. The first-order valence-corrected chi connectivity index (χ1v) is 9.12. The van der Waals surface area contributed by atoms with Crippen molar-refractivity contribution in [3.63, 3.8) is 0 Å². The van der Waals surface area contributed by atoms with Crippen LogP contribution in [0, 0.1) is 5.82 Å². The first-order chi connectivity index (χ1) is 12.9. The van der Waals surface area contributed by atoms with Gasteiger partial charge in [-0.25, -0.2) is 14.4 Å². The van der Waals surface area contributed by atoms with Gasteiger partial charge in [0.05, 0.1) is 29.5 Å². The molecule has 8 heteroatoms. The number of nitrogens with zero attached hydrogens (tertiary/aromatic N) is 4. The fourth-order valence-corrected chi connectivity index (χ4v) is 3.25. The van der Waals surface area contributed by atoms with Crippen LogP contribution in [0.3, 0.4) is 0 Å². The van der Waals surface area contributed by atoms with Gasteiger partial charge in [-0.15, -0.1) is 0 Å². The van der Waals surface area contributed by atoms with Crippen molar-refractivity contribution in [2.75, 3.05) is 18.4 Å². The number of fused-ring (bicyclic) bond motifs is 1. The number of aliphatic hydroxyl groups is 1. The van der Waals surface area contributed by atoms with E-state index in [2.05, 4.69) is 25.6 Å². The fraction of sp³-hybridized carbons (Fsp3) is 0.421. The van der Waals surface area contributed by atoms with E-state index in [-0.39, 0.29) is 17.7 Å². The molecule has 142 valence electrons. The van der Waals surface area contributed by atoms with Crippen LogP contribution in [0.5, 0.6) is 0 Å². The third-order valence-corrected chi connectivity index (χ3v) is 4.77. The highest BCUT2D eigenvalue weighted by Crippen LogP contribution is 2.25. The highest BCUT2D eigenvalue weighted by molar-refractivity contribution is 5.62. The molecule has 3 aromatic rings. The maximum atomic E-state index is 14.3. The number of imidazole rings is 1. The average molecular weight is 370 g/mol. The van der Waals surface area contributed by atoms with Gasteiger partial charge in [0.15, 0.2) is 17.3 Å². The summed E-state index contributed by atoms with van der Waals surface area (Å²) >= 11 is 0. The molecule has 0 amide bonds. The molecular formula is C19H23FN6O. The third kappa shape index (κ3) is 3.63. The Bertz CT molecular complexity index is 958. The summed E-state index contributed by atoms with van der Waals surface area (Å²) in [6, 6.07) is 3.20. The molecule has 0 aliphatic carbocycles. The second-order valence-corrected chi connectivity index (χ2v) is 7.42. The Morgan fingerprint density at radius 1 is 1.30 bits per heavy atom. The fourth-order valence-electron chi connectivity index (χ4n) is 3.25. The number of hydrogen-bond acceptors (Lipinski definition) is 6. The molecule has 0 radical (unpaired) electrons. The molecule has 4 rings (SSSR count). The van der Waals surface area contributed by atoms with Crippen LogP contribution in [0.25, 0.3) is 17.0 Å². The van der Waals surface area contributed by atoms with Crippen LogP contribution in [0.1, 0.15) is 32.4 Å². The lowest BCUT2D eigenvalue weighted by molar-refractivity contribution is 0.0734. The molecule has 0 saturated carbocycles. The summed E-state index contributed by atoms with van der Waals surface area (Å²) in [5.41, 5.74) is 1.39. The second kappa shape index (κ2) is 6.86. The SMILES string of the molecule is CC(C)(O)c1cn2c(-c3ccc(F)c(N[C@@H]4CCCNC4)n3)cnc2cn1. The minimum absolute atomic E-state index is 0.157. The van der Waals surface area contributed by atoms with Crippen molar-refractivity contribution in [3.05, 3.63) is 42.2 Å². The summed E-state index contributed by atoms with van der Waals surface area (Å²) in [7, 11) is 0. The molecule has 7 nitrogen and oxygen atoms in total. The number of piperidine rings is 1. The zero-order valence-electron chi connectivity index (χ0n) is 15.4. The molecule has 0 unspecified atom stereocenters. The highest BCUT2D eigenvalue weighted by atomic mass is 19.1. The minimum atomic E-state index is -1.08. The molecule has 1 saturated heterocycles. The van der Waals surface area contributed by atoms with E-state index in [0.29, 0.717) is 22.7 Å². The van der Waals surface area contributed by atoms with E-state index in [0.717, 1.165) is 25.9 Å². The molecule has 0 bridgehead atoms. The van der Waals surface area contributed by atoms with E-state index in [1.54, 1.807) is 38.5 Å². The van der Waals surface area contributed by atoms with E-state index in [4.69, 9.17) is 0 Å². The topological polar surface area (TPSA) is 87.4 Å². The molecule has 27 heavy (non-hydrogen) atoms. The standard InChI is InChI=1S/C19H23FN6O/c1-19(2,27)16-11-26-15(9-23-17(26)10-22-16)14-6-5-13(20)18(25-14)24-12-4-3-7-21-8-12/h5-6,9-12,21,27H,3-4,7-8H2,1-2H3,(H,24,25)/t12-/m1/s1. The first-order valence-electron chi connectivity index (χ1n) is 9.12. The summed E-state index contributed by atoms with van der Waals surface area (Å²) in [6.07, 6.45) is 7.05. The van der Waals surface area contributed by atoms with Gasteiger partial charge in [-0.2, -0.15) is 0 Å². The smallest absolute Gasteiger partial charge is 0.165 e. The molecule has 3 aromatic heterocycles. The number of anilines is 1. The molecule has 1 fully saturated rings. The summed E-state index contributed by atoms with van der Waals surface area (Å²) in [5.74, 6) is -0.134. The predicted octanol–water partition coefficient (Wildman–Crippen LogP) is 2.32. The maximum absolute atomic E-state index is 14.3. The van der Waals surface area contributed by atoms with Gasteiger partial charge in [0.25, 0.3) is 0 Å². The molecule has 0 spiro atoms. The Kier molecular flexibility index (Phi) is 4.53. The summed E-state index contributed by atoms with van der Waals surface area (Å²) in [5, 5.41) is 16.7. The third-order valence-electron chi connectivity index (χ3n) is 4.77. The van der Waals surface area contributed by atoms with Crippen molar-refractivity contribution in [1.82, 2.24) is 24.7 Å². The largest absolute Gasteiger partial charge is 0.384 e. The molecular weight excluding hydrogens is 347 g/mol. The van der Waals surface area contributed by atoms with Crippen molar-refractivity contribution in [1.29, 1.82) is 0 Å². The minimum Gasteiger partial charge on any atom is -0.384 e. The molecule has 1 aliphatic heterocycles. The first kappa shape index (κ1) is 17.8. The van der Waals surface area contributed by atoms with Crippen LogP contribution in [-0.4, -0.2) is 43.6 Å². The Labute approximate surface area is 156 Å². The van der Waals surface area contributed by atoms with Crippen LogP contribution in [0.4, 0.5) is 10.2 Å². The number of nitrogens with one attached hydrogen (secondary N) is 2. The van der Waals surface area contributed by atoms with E-state index in [9.17, 15) is 9.50 Å². The quantitative estimate of drug-likeness (QED) is 0.653. The van der Waals surface area contributed by atoms with Gasteiger partial charge in [-0.1, -0.05) is 0 Å². The molecule has 1 atom stereocenters. The van der Waals surface area contributed by atoms with Crippen LogP contribution in [-0.2, 0) is 5.60 Å². The molecule has 1 aliphatic rings. The number of rotatable bonds is 4. The lowest BCUT2D eigenvalue weighted by Gasteiger charge is -2.24. The van der Waals surface area contributed by atoms with Gasteiger partial charge < -0.3 is 15.7 Å². The Morgan fingerprint density at radius 3 is 2.89 bits per heavy atom. The van der Waals surface area contributed by atoms with E-state index in [1.807, 2.05) is 4.40 Å². The summed E-state index contributed by atoms with van der Waals surface area (Å²) < 4.78 is 16.1. The van der Waals surface area contributed by atoms with Gasteiger partial charge in [-0.3, -0.25) is 9.38 Å². The van der Waals surface area contributed by atoms with Crippen LogP contribution in [0.15, 0.2) is 30.7 Å². The van der Waals surface area contributed by atoms with Gasteiger partial charge in [-0.05, 0) is 45.4 Å². The molecule has 3 N–H and O–H groups in total. The number of hydrogen-bond donors (Lipinski definition) is 3. The average Bonchev–Trinajstić information content (AvgIpc) is 3.07. The van der Waals surface area contributed by atoms with Crippen LogP contribution >= 0.6 is 0 Å². The highest BCUT2D eigenvalue weighted by Gasteiger charge is 2.20. The zero-order chi connectivity index (χ0) is 19.0. The Balaban J connectivity index is 1.71. The van der Waals surface area contributed by atoms with Gasteiger partial charge in [0.1, 0.15) is 5.60 Å². The number of halogens is 1. The normalized spacial score (nSPS) is 18.0.